The van der Waals surface area contributed by atoms with Gasteiger partial charge in [0.1, 0.15) is 0 Å². The van der Waals surface area contributed by atoms with Gasteiger partial charge in [-0.1, -0.05) is 6.08 Å². The van der Waals surface area contributed by atoms with Gasteiger partial charge in [-0.3, -0.25) is 0 Å². The predicted molar refractivity (Wildman–Crippen MR) is 59.6 cm³/mol. The molecule has 0 spiro atoms. The normalized spacial score (nSPS) is 15.1. The molecule has 1 N–H and O–H groups in total. The molecule has 2 unspecified atom stereocenters. The van der Waals surface area contributed by atoms with Crippen LogP contribution >= 0.6 is 0 Å². The van der Waals surface area contributed by atoms with Gasteiger partial charge in [-0.05, 0) is 20.3 Å². The van der Waals surface area contributed by atoms with Crippen molar-refractivity contribution >= 4 is 0 Å². The summed E-state index contributed by atoms with van der Waals surface area (Å²) in [5.74, 6) is 0. The number of hydrogen-bond donors (Lipinski definition) is 1. The summed E-state index contributed by atoms with van der Waals surface area (Å²) in [6, 6.07) is 0.364. The topological polar surface area (TPSA) is 30.5 Å². The van der Waals surface area contributed by atoms with Gasteiger partial charge in [-0.15, -0.1) is 6.58 Å². The van der Waals surface area contributed by atoms with Gasteiger partial charge in [-0.25, -0.2) is 0 Å². The van der Waals surface area contributed by atoms with Crippen molar-refractivity contribution in [3.63, 3.8) is 0 Å². The van der Waals surface area contributed by atoms with E-state index in [-0.39, 0.29) is 6.10 Å². The van der Waals surface area contributed by atoms with Gasteiger partial charge in [0.2, 0.25) is 0 Å². The van der Waals surface area contributed by atoms with Crippen molar-refractivity contribution in [1.29, 1.82) is 0 Å². The molecule has 0 fully saturated rings. The molecule has 0 bridgehead atoms. The Morgan fingerprint density at radius 3 is 2.64 bits per heavy atom. The van der Waals surface area contributed by atoms with E-state index in [9.17, 15) is 0 Å². The number of rotatable bonds is 9. The molecule has 0 heterocycles. The number of nitrogens with one attached hydrogen (secondary N) is 1. The number of methoxy groups -OCH3 is 1. The lowest BCUT2D eigenvalue weighted by atomic mass is 10.2. The molecule has 0 amide bonds. The Balaban J connectivity index is 3.22. The Morgan fingerprint density at radius 2 is 2.07 bits per heavy atom. The third-order valence-electron chi connectivity index (χ3n) is 2.25. The summed E-state index contributed by atoms with van der Waals surface area (Å²) >= 11 is 0. The summed E-state index contributed by atoms with van der Waals surface area (Å²) in [6.45, 7) is 10.2. The van der Waals surface area contributed by atoms with Gasteiger partial charge in [0.15, 0.2) is 0 Å². The van der Waals surface area contributed by atoms with Gasteiger partial charge in [0.05, 0.1) is 19.3 Å². The highest BCUT2D eigenvalue weighted by Crippen LogP contribution is 1.95. The van der Waals surface area contributed by atoms with Crippen LogP contribution in [0, 0.1) is 0 Å². The van der Waals surface area contributed by atoms with Crippen molar-refractivity contribution in [2.45, 2.75) is 32.4 Å². The van der Waals surface area contributed by atoms with Crippen LogP contribution in [0.25, 0.3) is 0 Å². The summed E-state index contributed by atoms with van der Waals surface area (Å²) in [5, 5.41) is 3.33. The molecule has 0 saturated heterocycles. The van der Waals surface area contributed by atoms with Crippen LogP contribution in [0.1, 0.15) is 20.3 Å². The maximum Gasteiger partial charge on any atom is 0.0693 e. The van der Waals surface area contributed by atoms with Crippen molar-refractivity contribution in [1.82, 2.24) is 5.32 Å². The highest BCUT2D eigenvalue weighted by molar-refractivity contribution is 4.67. The lowest BCUT2D eigenvalue weighted by Gasteiger charge is -2.19. The Morgan fingerprint density at radius 1 is 1.36 bits per heavy atom. The minimum Gasteiger partial charge on any atom is -0.380 e. The highest BCUT2D eigenvalue weighted by Gasteiger charge is 2.08. The van der Waals surface area contributed by atoms with Crippen molar-refractivity contribution in [3.05, 3.63) is 12.7 Å². The van der Waals surface area contributed by atoms with Crippen LogP contribution in [0.3, 0.4) is 0 Å². The van der Waals surface area contributed by atoms with E-state index < -0.39 is 0 Å². The molecule has 14 heavy (non-hydrogen) atoms. The van der Waals surface area contributed by atoms with Crippen LogP contribution in [0.2, 0.25) is 0 Å². The highest BCUT2D eigenvalue weighted by atomic mass is 16.5. The molecule has 3 nitrogen and oxygen atoms in total. The fourth-order valence-corrected chi connectivity index (χ4v) is 0.998. The van der Waals surface area contributed by atoms with Gasteiger partial charge in [0.25, 0.3) is 0 Å². The zero-order valence-electron chi connectivity index (χ0n) is 9.58. The van der Waals surface area contributed by atoms with E-state index in [1.54, 1.807) is 7.11 Å². The van der Waals surface area contributed by atoms with Crippen LogP contribution in [-0.4, -0.2) is 39.0 Å². The molecular formula is C11H23NO2. The zero-order valence-corrected chi connectivity index (χ0v) is 9.58. The minimum absolute atomic E-state index is 0.239. The first-order chi connectivity index (χ1) is 6.72. The largest absolute Gasteiger partial charge is 0.380 e. The second kappa shape index (κ2) is 9.19. The quantitative estimate of drug-likeness (QED) is 0.454. The summed E-state index contributed by atoms with van der Waals surface area (Å²) in [6.07, 6.45) is 3.02. The minimum atomic E-state index is 0.239. The lowest BCUT2D eigenvalue weighted by Crippen LogP contribution is -2.38. The number of ether oxygens (including phenoxy) is 2. The van der Waals surface area contributed by atoms with E-state index in [0.717, 1.165) is 26.2 Å². The molecule has 0 aromatic rings. The van der Waals surface area contributed by atoms with Crippen LogP contribution in [0.5, 0.6) is 0 Å². The fraction of sp³-hybridized carbons (Fsp3) is 0.818. The summed E-state index contributed by atoms with van der Waals surface area (Å²) in [4.78, 5) is 0. The summed E-state index contributed by atoms with van der Waals surface area (Å²) in [5.41, 5.74) is 0. The van der Waals surface area contributed by atoms with Crippen molar-refractivity contribution in [2.75, 3.05) is 26.9 Å². The molecular weight excluding hydrogens is 178 g/mol. The summed E-state index contributed by atoms with van der Waals surface area (Å²) in [7, 11) is 1.73. The Labute approximate surface area is 87.5 Å². The Kier molecular flexibility index (Phi) is 8.94. The smallest absolute Gasteiger partial charge is 0.0693 e. The molecule has 0 saturated carbocycles. The van der Waals surface area contributed by atoms with E-state index in [2.05, 4.69) is 25.7 Å². The first-order valence-electron chi connectivity index (χ1n) is 5.17. The van der Waals surface area contributed by atoms with Crippen LogP contribution in [-0.2, 0) is 9.47 Å². The molecule has 0 aliphatic heterocycles. The Bertz CT molecular complexity index is 139. The summed E-state index contributed by atoms with van der Waals surface area (Å²) < 4.78 is 10.6. The first kappa shape index (κ1) is 13.6. The van der Waals surface area contributed by atoms with E-state index >= 15 is 0 Å². The number of hydrogen-bond acceptors (Lipinski definition) is 3. The standard InChI is InChI=1S/C11H23NO2/c1-5-6-8-14-9-7-12-10(2)11(3)13-4/h5,10-12H,1,6-9H2,2-4H3. The molecule has 0 aliphatic rings. The molecule has 0 aromatic carbocycles. The van der Waals surface area contributed by atoms with Crippen molar-refractivity contribution in [2.24, 2.45) is 0 Å². The molecule has 0 aliphatic carbocycles. The maximum absolute atomic E-state index is 5.36. The third-order valence-corrected chi connectivity index (χ3v) is 2.25. The lowest BCUT2D eigenvalue weighted by molar-refractivity contribution is 0.0814. The first-order valence-corrected chi connectivity index (χ1v) is 5.17. The molecule has 84 valence electrons. The van der Waals surface area contributed by atoms with Crippen LogP contribution in [0.4, 0.5) is 0 Å². The van der Waals surface area contributed by atoms with E-state index in [1.807, 2.05) is 6.08 Å². The zero-order chi connectivity index (χ0) is 10.8. The fourth-order valence-electron chi connectivity index (χ4n) is 0.998. The average Bonchev–Trinajstić information content (AvgIpc) is 2.21. The van der Waals surface area contributed by atoms with E-state index in [4.69, 9.17) is 9.47 Å². The molecule has 0 aromatic heterocycles. The average molecular weight is 201 g/mol. The van der Waals surface area contributed by atoms with Crippen LogP contribution < -0.4 is 5.32 Å². The maximum atomic E-state index is 5.36. The van der Waals surface area contributed by atoms with Gasteiger partial charge < -0.3 is 14.8 Å². The van der Waals surface area contributed by atoms with Crippen LogP contribution in [0.15, 0.2) is 12.7 Å². The SMILES string of the molecule is C=CCCOCCNC(C)C(C)OC. The van der Waals surface area contributed by atoms with Crippen molar-refractivity contribution < 1.29 is 9.47 Å². The van der Waals surface area contributed by atoms with Gasteiger partial charge in [-0.2, -0.15) is 0 Å². The monoisotopic (exact) mass is 201 g/mol. The Hall–Kier alpha value is -0.380. The molecule has 0 rings (SSSR count). The predicted octanol–water partition coefficient (Wildman–Crippen LogP) is 1.59. The second-order valence-corrected chi connectivity index (χ2v) is 3.37. The van der Waals surface area contributed by atoms with E-state index in [1.165, 1.54) is 0 Å². The second-order valence-electron chi connectivity index (χ2n) is 3.37. The molecule has 3 heteroatoms. The third kappa shape index (κ3) is 7.06. The van der Waals surface area contributed by atoms with Gasteiger partial charge >= 0.3 is 0 Å². The van der Waals surface area contributed by atoms with Crippen molar-refractivity contribution in [3.8, 4) is 0 Å². The van der Waals surface area contributed by atoms with Gasteiger partial charge in [0, 0.05) is 19.7 Å². The van der Waals surface area contributed by atoms with E-state index in [0.29, 0.717) is 6.04 Å². The molecule has 0 radical (unpaired) electrons. The molecule has 2 atom stereocenters.